The van der Waals surface area contributed by atoms with Gasteiger partial charge in [-0.25, -0.2) is 4.79 Å². The van der Waals surface area contributed by atoms with Gasteiger partial charge in [-0.05, 0) is 37.9 Å². The first-order valence-electron chi connectivity index (χ1n) is 9.46. The average Bonchev–Trinajstić information content (AvgIpc) is 2.64. The number of benzene rings is 1. The van der Waals surface area contributed by atoms with E-state index >= 15 is 0 Å². The molecule has 1 aromatic carbocycles. The van der Waals surface area contributed by atoms with Crippen LogP contribution in [-0.4, -0.2) is 33.3 Å². The lowest BCUT2D eigenvalue weighted by Gasteiger charge is -2.29. The molecule has 2 aromatic rings. The van der Waals surface area contributed by atoms with Gasteiger partial charge in [0, 0.05) is 17.1 Å². The Morgan fingerprint density at radius 1 is 1.25 bits per heavy atom. The van der Waals surface area contributed by atoms with Crippen LogP contribution in [0.1, 0.15) is 55.6 Å². The summed E-state index contributed by atoms with van der Waals surface area (Å²) in [5.41, 5.74) is 5.62. The van der Waals surface area contributed by atoms with Crippen LogP contribution in [0.15, 0.2) is 38.3 Å². The summed E-state index contributed by atoms with van der Waals surface area (Å²) in [5, 5.41) is 0. The minimum atomic E-state index is -0.732. The summed E-state index contributed by atoms with van der Waals surface area (Å²) < 4.78 is 2.21. The van der Waals surface area contributed by atoms with Gasteiger partial charge in [0.05, 0.1) is 6.54 Å². The van der Waals surface area contributed by atoms with Crippen LogP contribution in [0.3, 0.4) is 0 Å². The molecular formula is C20H27BrN4O3. The maximum atomic E-state index is 13.0. The zero-order valence-electron chi connectivity index (χ0n) is 16.5. The predicted octanol–water partition coefficient (Wildman–Crippen LogP) is 2.95. The molecule has 0 unspecified atom stereocenters. The zero-order chi connectivity index (χ0) is 20.8. The molecule has 3 N–H and O–H groups in total. The van der Waals surface area contributed by atoms with Gasteiger partial charge in [-0.3, -0.25) is 24.0 Å². The van der Waals surface area contributed by atoms with Crippen molar-refractivity contribution in [2.24, 2.45) is 0 Å². The number of nitrogen functional groups attached to an aromatic ring is 1. The number of nitrogens with two attached hydrogens (primary N) is 1. The van der Waals surface area contributed by atoms with E-state index in [2.05, 4.69) is 20.9 Å². The molecular weight excluding hydrogens is 424 g/mol. The lowest BCUT2D eigenvalue weighted by Crippen LogP contribution is -2.40. The van der Waals surface area contributed by atoms with Gasteiger partial charge in [0.2, 0.25) is 0 Å². The molecule has 1 atom stereocenters. The third kappa shape index (κ3) is 4.80. The predicted molar refractivity (Wildman–Crippen MR) is 115 cm³/mol. The van der Waals surface area contributed by atoms with E-state index in [1.165, 1.54) is 4.57 Å². The van der Waals surface area contributed by atoms with Gasteiger partial charge < -0.3 is 5.73 Å². The number of aromatic amines is 1. The number of H-pyrrole nitrogens is 1. The second-order valence-electron chi connectivity index (χ2n) is 6.76. The molecule has 8 heteroatoms. The van der Waals surface area contributed by atoms with Gasteiger partial charge >= 0.3 is 5.69 Å². The molecule has 0 amide bonds. The molecule has 0 bridgehead atoms. The first-order valence-corrected chi connectivity index (χ1v) is 10.2. The minimum Gasteiger partial charge on any atom is -0.384 e. The molecule has 28 heavy (non-hydrogen) atoms. The summed E-state index contributed by atoms with van der Waals surface area (Å²) >= 11 is 3.56. The lowest BCUT2D eigenvalue weighted by atomic mass is 10.1. The maximum Gasteiger partial charge on any atom is 0.329 e. The SMILES string of the molecule is CCCN(CC(=O)c1c(N)n(CCC)c(=O)[nH]c1=O)[C@@H](C)c1ccccc1Br. The number of nitrogens with one attached hydrogen (secondary N) is 1. The Hall–Kier alpha value is -2.19. The first-order chi connectivity index (χ1) is 13.3. The normalized spacial score (nSPS) is 12.3. The summed E-state index contributed by atoms with van der Waals surface area (Å²) in [6, 6.07) is 7.81. The molecule has 0 aliphatic rings. The number of hydrogen-bond donors (Lipinski definition) is 2. The van der Waals surface area contributed by atoms with Gasteiger partial charge in [0.15, 0.2) is 5.78 Å². The molecule has 152 valence electrons. The van der Waals surface area contributed by atoms with E-state index in [0.717, 1.165) is 16.5 Å². The standard InChI is InChI=1S/C20H27BrN4O3/c1-4-10-24(13(3)14-8-6-7-9-15(14)21)12-16(26)17-18(22)25(11-5-2)20(28)23-19(17)27/h6-9,13H,4-5,10-12,22H2,1-3H3,(H,23,27,28)/t13-/m0/s1. The fourth-order valence-electron chi connectivity index (χ4n) is 3.27. The molecule has 0 saturated carbocycles. The lowest BCUT2D eigenvalue weighted by molar-refractivity contribution is 0.0896. The second-order valence-corrected chi connectivity index (χ2v) is 7.62. The van der Waals surface area contributed by atoms with Crippen molar-refractivity contribution in [3.8, 4) is 0 Å². The number of hydrogen-bond acceptors (Lipinski definition) is 5. The fraction of sp³-hybridized carbons (Fsp3) is 0.450. The van der Waals surface area contributed by atoms with Crippen molar-refractivity contribution in [1.29, 1.82) is 0 Å². The van der Waals surface area contributed by atoms with E-state index in [4.69, 9.17) is 5.73 Å². The third-order valence-electron chi connectivity index (χ3n) is 4.73. The minimum absolute atomic E-state index is 0.0357. The van der Waals surface area contributed by atoms with Crippen molar-refractivity contribution in [3.05, 3.63) is 60.7 Å². The Balaban J connectivity index is 2.38. The van der Waals surface area contributed by atoms with E-state index in [9.17, 15) is 14.4 Å². The Bertz CT molecular complexity index is 951. The second kappa shape index (κ2) is 9.84. The molecule has 2 rings (SSSR count). The molecule has 1 heterocycles. The van der Waals surface area contributed by atoms with E-state index in [1.54, 1.807) is 0 Å². The third-order valence-corrected chi connectivity index (χ3v) is 5.45. The number of rotatable bonds is 9. The van der Waals surface area contributed by atoms with Crippen LogP contribution in [0.5, 0.6) is 0 Å². The van der Waals surface area contributed by atoms with Gasteiger partial charge in [-0.1, -0.05) is 48.0 Å². The van der Waals surface area contributed by atoms with E-state index in [-0.39, 0.29) is 24.0 Å². The molecule has 0 radical (unpaired) electrons. The number of ketones is 1. The van der Waals surface area contributed by atoms with E-state index < -0.39 is 17.0 Å². The number of Topliss-reactive ketones (excluding diaryl/α,β-unsaturated/α-hetero) is 1. The molecule has 7 nitrogen and oxygen atoms in total. The highest BCUT2D eigenvalue weighted by Crippen LogP contribution is 2.27. The number of halogens is 1. The van der Waals surface area contributed by atoms with Crippen LogP contribution >= 0.6 is 15.9 Å². The van der Waals surface area contributed by atoms with Crippen LogP contribution in [0, 0.1) is 0 Å². The van der Waals surface area contributed by atoms with Crippen LogP contribution in [0.4, 0.5) is 5.82 Å². The Kier molecular flexibility index (Phi) is 7.77. The van der Waals surface area contributed by atoms with Gasteiger partial charge in [-0.2, -0.15) is 0 Å². The zero-order valence-corrected chi connectivity index (χ0v) is 18.1. The van der Waals surface area contributed by atoms with Crippen molar-refractivity contribution in [3.63, 3.8) is 0 Å². The Labute approximate surface area is 172 Å². The number of carbonyl (C=O) groups excluding carboxylic acids is 1. The highest BCUT2D eigenvalue weighted by molar-refractivity contribution is 9.10. The molecule has 0 saturated heterocycles. The molecule has 1 aromatic heterocycles. The topological polar surface area (TPSA) is 101 Å². The number of anilines is 1. The van der Waals surface area contributed by atoms with Crippen LogP contribution in [0.25, 0.3) is 0 Å². The van der Waals surface area contributed by atoms with Crippen LogP contribution < -0.4 is 17.0 Å². The Morgan fingerprint density at radius 3 is 2.54 bits per heavy atom. The van der Waals surface area contributed by atoms with Crippen molar-refractivity contribution in [2.45, 2.75) is 46.2 Å². The summed E-state index contributed by atoms with van der Waals surface area (Å²) in [4.78, 5) is 41.5. The van der Waals surface area contributed by atoms with E-state index in [1.807, 2.05) is 49.9 Å². The highest BCUT2D eigenvalue weighted by Gasteiger charge is 2.24. The highest BCUT2D eigenvalue weighted by atomic mass is 79.9. The maximum absolute atomic E-state index is 13.0. The van der Waals surface area contributed by atoms with Crippen molar-refractivity contribution in [1.82, 2.24) is 14.5 Å². The molecule has 0 aliphatic heterocycles. The largest absolute Gasteiger partial charge is 0.384 e. The number of carbonyl (C=O) groups is 1. The first kappa shape index (κ1) is 22.1. The van der Waals surface area contributed by atoms with Gasteiger partial charge in [0.25, 0.3) is 5.56 Å². The van der Waals surface area contributed by atoms with Crippen LogP contribution in [-0.2, 0) is 6.54 Å². The van der Waals surface area contributed by atoms with Crippen molar-refractivity contribution in [2.75, 3.05) is 18.8 Å². The quantitative estimate of drug-likeness (QED) is 0.571. The van der Waals surface area contributed by atoms with Gasteiger partial charge in [-0.15, -0.1) is 0 Å². The summed E-state index contributed by atoms with van der Waals surface area (Å²) in [6.45, 7) is 7.00. The fourth-order valence-corrected chi connectivity index (χ4v) is 3.89. The average molecular weight is 451 g/mol. The molecule has 0 spiro atoms. The van der Waals surface area contributed by atoms with E-state index in [0.29, 0.717) is 19.5 Å². The summed E-state index contributed by atoms with van der Waals surface area (Å²) in [5.74, 6) is -0.457. The number of nitrogens with zero attached hydrogens (tertiary/aromatic N) is 2. The summed E-state index contributed by atoms with van der Waals surface area (Å²) in [6.07, 6.45) is 1.51. The number of aromatic nitrogens is 2. The summed E-state index contributed by atoms with van der Waals surface area (Å²) in [7, 11) is 0. The van der Waals surface area contributed by atoms with Crippen molar-refractivity contribution >= 4 is 27.5 Å². The monoisotopic (exact) mass is 450 g/mol. The smallest absolute Gasteiger partial charge is 0.329 e. The Morgan fingerprint density at radius 2 is 1.93 bits per heavy atom. The van der Waals surface area contributed by atoms with Gasteiger partial charge in [0.1, 0.15) is 11.4 Å². The molecule has 0 fully saturated rings. The van der Waals surface area contributed by atoms with Crippen LogP contribution in [0.2, 0.25) is 0 Å². The molecule has 0 aliphatic carbocycles. The van der Waals surface area contributed by atoms with Crippen molar-refractivity contribution < 1.29 is 4.79 Å².